The molecule has 0 aliphatic carbocycles. The molecule has 1 aromatic rings. The van der Waals surface area contributed by atoms with Gasteiger partial charge in [0, 0.05) is 20.0 Å². The van der Waals surface area contributed by atoms with Crippen molar-refractivity contribution in [2.45, 2.75) is 33.6 Å². The Morgan fingerprint density at radius 1 is 1.32 bits per heavy atom. The Hall–Kier alpha value is -2.04. The van der Waals surface area contributed by atoms with Gasteiger partial charge in [-0.15, -0.1) is 0 Å². The summed E-state index contributed by atoms with van der Waals surface area (Å²) in [6.07, 6.45) is 2.27. The zero-order chi connectivity index (χ0) is 16.1. The molecule has 1 fully saturated rings. The first kappa shape index (κ1) is 16.3. The van der Waals surface area contributed by atoms with Crippen molar-refractivity contribution in [2.75, 3.05) is 30.3 Å². The van der Waals surface area contributed by atoms with Crippen LogP contribution < -0.4 is 10.6 Å². The Labute approximate surface area is 132 Å². The maximum absolute atomic E-state index is 12.3. The molecular formula is C17H25N3O2. The van der Waals surface area contributed by atoms with E-state index in [2.05, 4.69) is 17.6 Å². The molecule has 2 N–H and O–H groups in total. The molecule has 1 saturated heterocycles. The van der Waals surface area contributed by atoms with Crippen LogP contribution in [0.25, 0.3) is 0 Å². The van der Waals surface area contributed by atoms with Gasteiger partial charge in [0.05, 0.1) is 17.9 Å². The number of amides is 2. The normalized spacial score (nSPS) is 18.0. The number of nitrogens with one attached hydrogen (secondary N) is 2. The number of aryl methyl sites for hydroxylation is 1. The van der Waals surface area contributed by atoms with Crippen LogP contribution in [0.4, 0.5) is 11.4 Å². The third-order valence-corrected chi connectivity index (χ3v) is 3.93. The van der Waals surface area contributed by atoms with Gasteiger partial charge in [0.1, 0.15) is 0 Å². The highest BCUT2D eigenvalue weighted by Crippen LogP contribution is 2.23. The Kier molecular flexibility index (Phi) is 5.41. The van der Waals surface area contributed by atoms with E-state index in [-0.39, 0.29) is 18.4 Å². The number of hydrogen-bond acceptors (Lipinski definition) is 3. The number of carbonyl (C=O) groups is 2. The predicted molar refractivity (Wildman–Crippen MR) is 89.0 cm³/mol. The summed E-state index contributed by atoms with van der Waals surface area (Å²) in [7, 11) is 0. The molecule has 1 heterocycles. The van der Waals surface area contributed by atoms with Crippen molar-refractivity contribution in [3.05, 3.63) is 23.8 Å². The molecule has 1 aliphatic rings. The largest absolute Gasteiger partial charge is 0.374 e. The summed E-state index contributed by atoms with van der Waals surface area (Å²) < 4.78 is 0. The molecule has 22 heavy (non-hydrogen) atoms. The van der Waals surface area contributed by atoms with E-state index >= 15 is 0 Å². The van der Waals surface area contributed by atoms with E-state index in [1.165, 1.54) is 13.3 Å². The highest BCUT2D eigenvalue weighted by Gasteiger charge is 2.20. The monoisotopic (exact) mass is 303 g/mol. The fourth-order valence-electron chi connectivity index (χ4n) is 2.80. The highest BCUT2D eigenvalue weighted by molar-refractivity contribution is 5.93. The van der Waals surface area contributed by atoms with E-state index in [1.807, 2.05) is 30.0 Å². The van der Waals surface area contributed by atoms with Gasteiger partial charge >= 0.3 is 0 Å². The van der Waals surface area contributed by atoms with Crippen LogP contribution in [-0.4, -0.2) is 36.3 Å². The molecular weight excluding hydrogens is 278 g/mol. The van der Waals surface area contributed by atoms with Crippen molar-refractivity contribution in [3.8, 4) is 0 Å². The van der Waals surface area contributed by atoms with Gasteiger partial charge in [-0.25, -0.2) is 0 Å². The van der Waals surface area contributed by atoms with Crippen LogP contribution in [0.2, 0.25) is 0 Å². The van der Waals surface area contributed by atoms with E-state index in [0.29, 0.717) is 11.6 Å². The van der Waals surface area contributed by atoms with Gasteiger partial charge in [-0.3, -0.25) is 9.59 Å². The fraction of sp³-hybridized carbons (Fsp3) is 0.529. The summed E-state index contributed by atoms with van der Waals surface area (Å²) in [6, 6.07) is 5.73. The molecule has 1 aromatic carbocycles. The number of nitrogens with zero attached hydrogens (tertiary/aromatic N) is 1. The number of hydrogen-bond donors (Lipinski definition) is 2. The average Bonchev–Trinajstić information content (AvgIpc) is 2.46. The van der Waals surface area contributed by atoms with Crippen LogP contribution in [0.1, 0.15) is 32.3 Å². The zero-order valence-corrected chi connectivity index (χ0v) is 13.6. The van der Waals surface area contributed by atoms with Crippen molar-refractivity contribution in [1.82, 2.24) is 4.90 Å². The van der Waals surface area contributed by atoms with Gasteiger partial charge in [0.25, 0.3) is 0 Å². The SMILES string of the molecule is CC(=O)Nc1ccc(C)cc1NCC(=O)N1CCC[C@H](C)C1. The van der Waals surface area contributed by atoms with Crippen LogP contribution >= 0.6 is 0 Å². The lowest BCUT2D eigenvalue weighted by atomic mass is 10.0. The molecule has 1 aliphatic heterocycles. The van der Waals surface area contributed by atoms with E-state index in [1.54, 1.807) is 0 Å². The Morgan fingerprint density at radius 2 is 2.09 bits per heavy atom. The van der Waals surface area contributed by atoms with Crippen LogP contribution in [0, 0.1) is 12.8 Å². The van der Waals surface area contributed by atoms with Crippen molar-refractivity contribution >= 4 is 23.2 Å². The molecule has 0 spiro atoms. The van der Waals surface area contributed by atoms with E-state index in [0.717, 1.165) is 30.8 Å². The number of anilines is 2. The van der Waals surface area contributed by atoms with Gasteiger partial charge in [-0.05, 0) is 43.4 Å². The van der Waals surface area contributed by atoms with Crippen molar-refractivity contribution < 1.29 is 9.59 Å². The molecule has 0 saturated carbocycles. The third-order valence-electron chi connectivity index (χ3n) is 3.93. The summed E-state index contributed by atoms with van der Waals surface area (Å²) >= 11 is 0. The first-order chi connectivity index (χ1) is 10.5. The summed E-state index contributed by atoms with van der Waals surface area (Å²) in [5, 5.41) is 5.95. The number of rotatable bonds is 4. The molecule has 0 radical (unpaired) electrons. The minimum Gasteiger partial charge on any atom is -0.374 e. The Balaban J connectivity index is 1.99. The van der Waals surface area contributed by atoms with Gasteiger partial charge in [-0.2, -0.15) is 0 Å². The van der Waals surface area contributed by atoms with Crippen LogP contribution in [-0.2, 0) is 9.59 Å². The summed E-state index contributed by atoms with van der Waals surface area (Å²) in [6.45, 7) is 7.58. The van der Waals surface area contributed by atoms with Gasteiger partial charge < -0.3 is 15.5 Å². The van der Waals surface area contributed by atoms with Crippen LogP contribution in [0.5, 0.6) is 0 Å². The van der Waals surface area contributed by atoms with Gasteiger partial charge in [0.15, 0.2) is 0 Å². The molecule has 0 unspecified atom stereocenters. The van der Waals surface area contributed by atoms with Gasteiger partial charge in [0.2, 0.25) is 11.8 Å². The maximum atomic E-state index is 12.3. The lowest BCUT2D eigenvalue weighted by molar-refractivity contribution is -0.131. The number of piperidine rings is 1. The minimum absolute atomic E-state index is 0.113. The van der Waals surface area contributed by atoms with Crippen LogP contribution in [0.3, 0.4) is 0 Å². The van der Waals surface area contributed by atoms with Crippen molar-refractivity contribution in [1.29, 1.82) is 0 Å². The zero-order valence-electron chi connectivity index (χ0n) is 13.6. The second kappa shape index (κ2) is 7.29. The van der Waals surface area contributed by atoms with Gasteiger partial charge in [-0.1, -0.05) is 13.0 Å². The molecule has 2 rings (SSSR count). The van der Waals surface area contributed by atoms with Crippen molar-refractivity contribution in [3.63, 3.8) is 0 Å². The third kappa shape index (κ3) is 4.48. The lowest BCUT2D eigenvalue weighted by Crippen LogP contribution is -2.42. The fourth-order valence-corrected chi connectivity index (χ4v) is 2.80. The molecule has 5 nitrogen and oxygen atoms in total. The Bertz CT molecular complexity index is 557. The Morgan fingerprint density at radius 3 is 2.77 bits per heavy atom. The van der Waals surface area contributed by atoms with E-state index in [4.69, 9.17) is 0 Å². The summed E-state index contributed by atoms with van der Waals surface area (Å²) in [5.41, 5.74) is 2.57. The van der Waals surface area contributed by atoms with Crippen LogP contribution in [0.15, 0.2) is 18.2 Å². The average molecular weight is 303 g/mol. The predicted octanol–water partition coefficient (Wildman–Crippen LogP) is 2.62. The topological polar surface area (TPSA) is 61.4 Å². The first-order valence-corrected chi connectivity index (χ1v) is 7.85. The molecule has 2 amide bonds. The molecule has 120 valence electrons. The quantitative estimate of drug-likeness (QED) is 0.899. The highest BCUT2D eigenvalue weighted by atomic mass is 16.2. The second-order valence-corrected chi connectivity index (χ2v) is 6.17. The maximum Gasteiger partial charge on any atom is 0.241 e. The molecule has 0 bridgehead atoms. The molecule has 1 atom stereocenters. The van der Waals surface area contributed by atoms with E-state index < -0.39 is 0 Å². The summed E-state index contributed by atoms with van der Waals surface area (Å²) in [5.74, 6) is 0.566. The van der Waals surface area contributed by atoms with E-state index in [9.17, 15) is 9.59 Å². The smallest absolute Gasteiger partial charge is 0.241 e. The molecule has 5 heteroatoms. The lowest BCUT2D eigenvalue weighted by Gasteiger charge is -2.31. The molecule has 0 aromatic heterocycles. The van der Waals surface area contributed by atoms with Crippen molar-refractivity contribution in [2.24, 2.45) is 5.92 Å². The standard InChI is InChI=1S/C17H25N3O2/c1-12-6-7-15(19-14(3)21)16(9-12)18-10-17(22)20-8-4-5-13(2)11-20/h6-7,9,13,18H,4-5,8,10-11H2,1-3H3,(H,19,21)/t13-/m0/s1. The first-order valence-electron chi connectivity index (χ1n) is 7.85. The number of carbonyl (C=O) groups excluding carboxylic acids is 2. The summed E-state index contributed by atoms with van der Waals surface area (Å²) in [4.78, 5) is 25.5. The number of likely N-dealkylation sites (tertiary alicyclic amines) is 1. The minimum atomic E-state index is -0.122. The number of benzene rings is 1. The second-order valence-electron chi connectivity index (χ2n) is 6.17.